The van der Waals surface area contributed by atoms with Gasteiger partial charge in [0.05, 0.1) is 5.69 Å². The molecule has 1 aromatic carbocycles. The molecule has 0 saturated heterocycles. The van der Waals surface area contributed by atoms with Gasteiger partial charge in [0, 0.05) is 43.3 Å². The summed E-state index contributed by atoms with van der Waals surface area (Å²) in [7, 11) is 0. The van der Waals surface area contributed by atoms with Crippen LogP contribution in [-0.2, 0) is 6.42 Å². The first-order valence-electron chi connectivity index (χ1n) is 8.67. The van der Waals surface area contributed by atoms with Crippen LogP contribution in [0, 0.1) is 0 Å². The van der Waals surface area contributed by atoms with E-state index < -0.39 is 6.09 Å². The van der Waals surface area contributed by atoms with Crippen LogP contribution in [0.3, 0.4) is 0 Å². The van der Waals surface area contributed by atoms with E-state index >= 15 is 0 Å². The number of nitrogens with zero attached hydrogens (tertiary/aromatic N) is 4. The molecule has 0 bridgehead atoms. The number of hydrogen-bond donors (Lipinski definition) is 1. The Morgan fingerprint density at radius 1 is 1.19 bits per heavy atom. The minimum atomic E-state index is -0.994. The van der Waals surface area contributed by atoms with Gasteiger partial charge in [0.1, 0.15) is 5.69 Å². The van der Waals surface area contributed by atoms with E-state index in [1.165, 1.54) is 11.0 Å². The Hall–Kier alpha value is -3.48. The molecule has 0 atom stereocenters. The molecule has 0 unspecified atom stereocenters. The van der Waals surface area contributed by atoms with Gasteiger partial charge in [-0.2, -0.15) is 5.10 Å². The van der Waals surface area contributed by atoms with E-state index in [4.69, 9.17) is 0 Å². The van der Waals surface area contributed by atoms with Gasteiger partial charge in [-0.3, -0.25) is 14.7 Å². The third-order valence-electron chi connectivity index (χ3n) is 4.08. The fraction of sp³-hybridized carbons (Fsp3) is 0.200. The summed E-state index contributed by atoms with van der Waals surface area (Å²) in [5.41, 5.74) is 2.46. The van der Waals surface area contributed by atoms with Crippen molar-refractivity contribution in [3.63, 3.8) is 0 Å². The van der Waals surface area contributed by atoms with Gasteiger partial charge < -0.3 is 5.11 Å². The van der Waals surface area contributed by atoms with Crippen LogP contribution >= 0.6 is 0 Å². The zero-order chi connectivity index (χ0) is 19.2. The van der Waals surface area contributed by atoms with E-state index in [9.17, 15) is 14.7 Å². The van der Waals surface area contributed by atoms with E-state index in [1.807, 2.05) is 13.0 Å². The molecule has 7 heteroatoms. The molecule has 0 radical (unpaired) electrons. The fourth-order valence-corrected chi connectivity index (χ4v) is 2.80. The maximum absolute atomic E-state index is 12.2. The molecule has 3 aromatic rings. The van der Waals surface area contributed by atoms with Crippen LogP contribution in [0.25, 0.3) is 5.69 Å². The van der Waals surface area contributed by atoms with Crippen LogP contribution < -0.4 is 10.3 Å². The van der Waals surface area contributed by atoms with Crippen molar-refractivity contribution in [1.29, 1.82) is 0 Å². The Kier molecular flexibility index (Phi) is 5.61. The first-order chi connectivity index (χ1) is 13.1. The summed E-state index contributed by atoms with van der Waals surface area (Å²) in [5, 5.41) is 13.8. The summed E-state index contributed by atoms with van der Waals surface area (Å²) in [6.07, 6.45) is 4.97. The maximum atomic E-state index is 12.2. The second kappa shape index (κ2) is 8.27. The second-order valence-corrected chi connectivity index (χ2v) is 6.06. The Morgan fingerprint density at radius 2 is 1.96 bits per heavy atom. The van der Waals surface area contributed by atoms with Crippen molar-refractivity contribution in [1.82, 2.24) is 14.8 Å². The van der Waals surface area contributed by atoms with Crippen LogP contribution in [0.2, 0.25) is 0 Å². The number of benzene rings is 1. The zero-order valence-electron chi connectivity index (χ0n) is 14.9. The van der Waals surface area contributed by atoms with Gasteiger partial charge >= 0.3 is 6.09 Å². The first-order valence-corrected chi connectivity index (χ1v) is 8.67. The Balaban J connectivity index is 1.90. The molecule has 27 heavy (non-hydrogen) atoms. The molecule has 0 fully saturated rings. The predicted molar refractivity (Wildman–Crippen MR) is 103 cm³/mol. The molecule has 2 heterocycles. The quantitative estimate of drug-likeness (QED) is 0.726. The molecule has 2 aromatic heterocycles. The highest BCUT2D eigenvalue weighted by atomic mass is 16.4. The predicted octanol–water partition coefficient (Wildman–Crippen LogP) is 3.11. The third-order valence-corrected chi connectivity index (χ3v) is 4.08. The second-order valence-electron chi connectivity index (χ2n) is 6.06. The molecule has 1 amide bonds. The lowest BCUT2D eigenvalue weighted by Crippen LogP contribution is -2.29. The molecule has 0 spiro atoms. The first kappa shape index (κ1) is 18.3. The standard InChI is InChI=1S/C20H20N4O3/c1-2-11-23(20(26)27)17-5-3-4-15(13-17)14-18-19(25)8-12-24(22-18)16-6-9-21-10-7-16/h3-10,12-13H,2,11,14H2,1H3,(H,26,27). The van der Waals surface area contributed by atoms with E-state index in [1.54, 1.807) is 53.6 Å². The number of hydrogen-bond acceptors (Lipinski definition) is 4. The molecule has 0 saturated carbocycles. The highest BCUT2D eigenvalue weighted by Crippen LogP contribution is 2.18. The average molecular weight is 364 g/mol. The number of anilines is 1. The number of aromatic nitrogens is 3. The molecule has 7 nitrogen and oxygen atoms in total. The Labute approximate surface area is 156 Å². The molecule has 138 valence electrons. The van der Waals surface area contributed by atoms with E-state index in [0.717, 1.165) is 11.3 Å². The molecular formula is C20H20N4O3. The van der Waals surface area contributed by atoms with Crippen molar-refractivity contribution >= 4 is 11.8 Å². The Morgan fingerprint density at radius 3 is 2.67 bits per heavy atom. The highest BCUT2D eigenvalue weighted by Gasteiger charge is 2.14. The molecule has 1 N–H and O–H groups in total. The topological polar surface area (TPSA) is 88.3 Å². The molecule has 3 rings (SSSR count). The van der Waals surface area contributed by atoms with Crippen LogP contribution in [0.5, 0.6) is 0 Å². The summed E-state index contributed by atoms with van der Waals surface area (Å²) < 4.78 is 1.63. The van der Waals surface area contributed by atoms with Crippen molar-refractivity contribution < 1.29 is 9.90 Å². The van der Waals surface area contributed by atoms with Crippen LogP contribution in [0.1, 0.15) is 24.6 Å². The smallest absolute Gasteiger partial charge is 0.411 e. The van der Waals surface area contributed by atoms with E-state index in [2.05, 4.69) is 10.1 Å². The lowest BCUT2D eigenvalue weighted by atomic mass is 10.1. The van der Waals surface area contributed by atoms with Crippen molar-refractivity contribution in [2.24, 2.45) is 0 Å². The van der Waals surface area contributed by atoms with Gasteiger partial charge in [-0.15, -0.1) is 0 Å². The van der Waals surface area contributed by atoms with Gasteiger partial charge in [0.25, 0.3) is 0 Å². The van der Waals surface area contributed by atoms with Gasteiger partial charge in [-0.1, -0.05) is 19.1 Å². The van der Waals surface area contributed by atoms with Gasteiger partial charge in [-0.05, 0) is 36.2 Å². The van der Waals surface area contributed by atoms with Gasteiger partial charge in [-0.25, -0.2) is 9.48 Å². The molecular weight excluding hydrogens is 344 g/mol. The largest absolute Gasteiger partial charge is 0.465 e. The van der Waals surface area contributed by atoms with Crippen LogP contribution in [-0.4, -0.2) is 32.5 Å². The summed E-state index contributed by atoms with van der Waals surface area (Å²) >= 11 is 0. The normalized spacial score (nSPS) is 10.6. The van der Waals surface area contributed by atoms with Crippen LogP contribution in [0.4, 0.5) is 10.5 Å². The zero-order valence-corrected chi connectivity index (χ0v) is 14.9. The number of rotatable bonds is 6. The number of carbonyl (C=O) groups is 1. The molecule has 0 aliphatic carbocycles. The highest BCUT2D eigenvalue weighted by molar-refractivity contribution is 5.86. The van der Waals surface area contributed by atoms with Gasteiger partial charge in [0.2, 0.25) is 5.43 Å². The summed E-state index contributed by atoms with van der Waals surface area (Å²) in [6, 6.07) is 12.3. The molecule has 0 aliphatic heterocycles. The number of amides is 1. The van der Waals surface area contributed by atoms with Gasteiger partial charge in [0.15, 0.2) is 0 Å². The summed E-state index contributed by atoms with van der Waals surface area (Å²) in [6.45, 7) is 2.34. The Bertz CT molecular complexity index is 986. The minimum Gasteiger partial charge on any atom is -0.465 e. The lowest BCUT2D eigenvalue weighted by Gasteiger charge is -2.19. The lowest BCUT2D eigenvalue weighted by molar-refractivity contribution is 0.202. The fourth-order valence-electron chi connectivity index (χ4n) is 2.80. The minimum absolute atomic E-state index is 0.158. The van der Waals surface area contributed by atoms with Crippen molar-refractivity contribution in [2.45, 2.75) is 19.8 Å². The van der Waals surface area contributed by atoms with E-state index in [0.29, 0.717) is 30.8 Å². The van der Waals surface area contributed by atoms with Crippen molar-refractivity contribution in [3.8, 4) is 5.69 Å². The monoisotopic (exact) mass is 364 g/mol. The van der Waals surface area contributed by atoms with Crippen LogP contribution in [0.15, 0.2) is 65.8 Å². The average Bonchev–Trinajstić information content (AvgIpc) is 2.68. The maximum Gasteiger partial charge on any atom is 0.411 e. The van der Waals surface area contributed by atoms with E-state index in [-0.39, 0.29) is 5.43 Å². The van der Waals surface area contributed by atoms with Crippen molar-refractivity contribution in [3.05, 3.63) is 82.5 Å². The number of pyridine rings is 1. The van der Waals surface area contributed by atoms with Crippen molar-refractivity contribution in [2.75, 3.05) is 11.4 Å². The number of carboxylic acid groups (broad SMARTS) is 1. The SMILES string of the molecule is CCCN(C(=O)O)c1cccc(Cc2nn(-c3ccncc3)ccc2=O)c1. The summed E-state index contributed by atoms with van der Waals surface area (Å²) in [5.74, 6) is 0. The third kappa shape index (κ3) is 4.38. The summed E-state index contributed by atoms with van der Waals surface area (Å²) in [4.78, 5) is 29.0. The molecule has 0 aliphatic rings.